The Kier molecular flexibility index (Phi) is 4.10. The highest BCUT2D eigenvalue weighted by molar-refractivity contribution is 5.90. The quantitative estimate of drug-likeness (QED) is 0.379. The molecule has 0 bridgehead atoms. The highest BCUT2D eigenvalue weighted by Gasteiger charge is 2.24. The molecule has 1 aliphatic rings. The third kappa shape index (κ3) is 2.84. The summed E-state index contributed by atoms with van der Waals surface area (Å²) >= 11 is 0. The standard InChI is InChI=1S/C26H21NO/c1-19-15-16-25-26(17-19)28-18-21-11-5-7-13-23(21)27(25)24-14-8-6-12-22(24)20-9-3-2-4-10-20/h2-17H,18H2,1H3. The summed E-state index contributed by atoms with van der Waals surface area (Å²) in [5, 5.41) is 0. The molecule has 0 unspecified atom stereocenters. The van der Waals surface area contributed by atoms with Crippen LogP contribution in [0.3, 0.4) is 0 Å². The topological polar surface area (TPSA) is 12.5 Å². The Balaban J connectivity index is 1.79. The maximum absolute atomic E-state index is 6.21. The third-order valence-electron chi connectivity index (χ3n) is 5.20. The number of anilines is 3. The largest absolute Gasteiger partial charge is 0.487 e. The van der Waals surface area contributed by atoms with Crippen molar-refractivity contribution in [3.63, 3.8) is 0 Å². The van der Waals surface area contributed by atoms with Crippen LogP contribution in [0.25, 0.3) is 11.1 Å². The van der Waals surface area contributed by atoms with Gasteiger partial charge in [-0.25, -0.2) is 0 Å². The summed E-state index contributed by atoms with van der Waals surface area (Å²) < 4.78 is 6.21. The molecule has 0 spiro atoms. The van der Waals surface area contributed by atoms with Gasteiger partial charge in [0.15, 0.2) is 0 Å². The Morgan fingerprint density at radius 1 is 0.679 bits per heavy atom. The molecule has 1 aliphatic heterocycles. The Morgan fingerprint density at radius 2 is 1.39 bits per heavy atom. The molecule has 0 fully saturated rings. The molecular formula is C26H21NO. The highest BCUT2D eigenvalue weighted by Crippen LogP contribution is 2.47. The number of hydrogen-bond acceptors (Lipinski definition) is 2. The predicted octanol–water partition coefficient (Wildman–Crippen LogP) is 7.02. The van der Waals surface area contributed by atoms with Crippen molar-refractivity contribution in [2.75, 3.05) is 4.90 Å². The van der Waals surface area contributed by atoms with E-state index in [-0.39, 0.29) is 0 Å². The molecule has 0 atom stereocenters. The monoisotopic (exact) mass is 363 g/mol. The van der Waals surface area contributed by atoms with Gasteiger partial charge in [-0.2, -0.15) is 0 Å². The zero-order chi connectivity index (χ0) is 18.9. The van der Waals surface area contributed by atoms with Crippen LogP contribution in [0, 0.1) is 6.92 Å². The number of para-hydroxylation sites is 2. The summed E-state index contributed by atoms with van der Waals surface area (Å²) in [5.41, 5.74) is 8.16. The zero-order valence-corrected chi connectivity index (χ0v) is 15.8. The number of fused-ring (bicyclic) bond motifs is 2. The fourth-order valence-corrected chi connectivity index (χ4v) is 3.85. The summed E-state index contributed by atoms with van der Waals surface area (Å²) in [7, 11) is 0. The summed E-state index contributed by atoms with van der Waals surface area (Å²) in [4.78, 5) is 2.33. The van der Waals surface area contributed by atoms with Gasteiger partial charge >= 0.3 is 0 Å². The highest BCUT2D eigenvalue weighted by atomic mass is 16.5. The van der Waals surface area contributed by atoms with Crippen molar-refractivity contribution >= 4 is 17.1 Å². The molecule has 0 saturated heterocycles. The van der Waals surface area contributed by atoms with Crippen LogP contribution in [0.5, 0.6) is 5.75 Å². The molecule has 0 amide bonds. The van der Waals surface area contributed by atoms with Gasteiger partial charge in [0.1, 0.15) is 12.4 Å². The van der Waals surface area contributed by atoms with Crippen molar-refractivity contribution in [3.05, 3.63) is 108 Å². The first kappa shape index (κ1) is 16.6. The van der Waals surface area contributed by atoms with Crippen molar-refractivity contribution in [2.24, 2.45) is 0 Å². The van der Waals surface area contributed by atoms with E-state index in [0.717, 1.165) is 22.8 Å². The van der Waals surface area contributed by atoms with Gasteiger partial charge in [-0.1, -0.05) is 72.8 Å². The molecule has 2 nitrogen and oxygen atoms in total. The van der Waals surface area contributed by atoms with Crippen LogP contribution in [0.4, 0.5) is 17.1 Å². The minimum atomic E-state index is 0.566. The fraction of sp³-hybridized carbons (Fsp3) is 0.0769. The maximum atomic E-state index is 6.21. The number of rotatable bonds is 2. The van der Waals surface area contributed by atoms with E-state index in [0.29, 0.717) is 6.61 Å². The second-order valence-electron chi connectivity index (χ2n) is 7.11. The Morgan fingerprint density at radius 3 is 2.25 bits per heavy atom. The molecule has 28 heavy (non-hydrogen) atoms. The van der Waals surface area contributed by atoms with Crippen LogP contribution in [-0.2, 0) is 6.61 Å². The molecule has 0 saturated carbocycles. The van der Waals surface area contributed by atoms with E-state index in [2.05, 4.69) is 109 Å². The Labute approximate surface area is 165 Å². The van der Waals surface area contributed by atoms with Crippen LogP contribution in [-0.4, -0.2) is 0 Å². The first-order valence-electron chi connectivity index (χ1n) is 9.57. The van der Waals surface area contributed by atoms with Gasteiger partial charge in [-0.05, 0) is 42.3 Å². The second kappa shape index (κ2) is 6.90. The van der Waals surface area contributed by atoms with Gasteiger partial charge in [0.25, 0.3) is 0 Å². The lowest BCUT2D eigenvalue weighted by Crippen LogP contribution is -2.12. The lowest BCUT2D eigenvalue weighted by Gasteiger charge is -2.28. The van der Waals surface area contributed by atoms with Crippen molar-refractivity contribution in [1.82, 2.24) is 0 Å². The summed E-state index contributed by atoms with van der Waals surface area (Å²) in [6, 6.07) is 34.0. The van der Waals surface area contributed by atoms with Gasteiger partial charge in [0.2, 0.25) is 0 Å². The third-order valence-corrected chi connectivity index (χ3v) is 5.20. The van der Waals surface area contributed by atoms with E-state index in [4.69, 9.17) is 4.74 Å². The smallest absolute Gasteiger partial charge is 0.144 e. The van der Waals surface area contributed by atoms with Crippen LogP contribution >= 0.6 is 0 Å². The molecule has 1 heterocycles. The summed E-state index contributed by atoms with van der Waals surface area (Å²) in [6.07, 6.45) is 0. The van der Waals surface area contributed by atoms with E-state index < -0.39 is 0 Å². The molecule has 4 aromatic carbocycles. The lowest BCUT2D eigenvalue weighted by atomic mass is 10.0. The minimum Gasteiger partial charge on any atom is -0.487 e. The number of ether oxygens (including phenoxy) is 1. The van der Waals surface area contributed by atoms with Crippen LogP contribution < -0.4 is 9.64 Å². The van der Waals surface area contributed by atoms with Crippen molar-refractivity contribution in [1.29, 1.82) is 0 Å². The minimum absolute atomic E-state index is 0.566. The van der Waals surface area contributed by atoms with E-state index in [1.165, 1.54) is 22.3 Å². The Bertz CT molecular complexity index is 1130. The molecule has 2 heteroatoms. The molecule has 0 radical (unpaired) electrons. The molecule has 0 aromatic heterocycles. The van der Waals surface area contributed by atoms with Gasteiger partial charge < -0.3 is 9.64 Å². The number of benzene rings is 4. The van der Waals surface area contributed by atoms with Gasteiger partial charge in [0.05, 0.1) is 17.1 Å². The van der Waals surface area contributed by atoms with Crippen LogP contribution in [0.2, 0.25) is 0 Å². The van der Waals surface area contributed by atoms with Crippen molar-refractivity contribution in [2.45, 2.75) is 13.5 Å². The average molecular weight is 363 g/mol. The number of hydrogen-bond donors (Lipinski definition) is 0. The van der Waals surface area contributed by atoms with Gasteiger partial charge in [-0.15, -0.1) is 0 Å². The SMILES string of the molecule is Cc1ccc2c(c1)OCc1ccccc1N2c1ccccc1-c1ccccc1. The molecule has 4 aromatic rings. The zero-order valence-electron chi connectivity index (χ0n) is 15.8. The molecular weight excluding hydrogens is 342 g/mol. The van der Waals surface area contributed by atoms with Crippen LogP contribution in [0.15, 0.2) is 97.1 Å². The maximum Gasteiger partial charge on any atom is 0.144 e. The van der Waals surface area contributed by atoms with Crippen LogP contribution in [0.1, 0.15) is 11.1 Å². The normalized spacial score (nSPS) is 12.5. The first-order valence-corrected chi connectivity index (χ1v) is 9.57. The van der Waals surface area contributed by atoms with E-state index >= 15 is 0 Å². The second-order valence-corrected chi connectivity index (χ2v) is 7.11. The van der Waals surface area contributed by atoms with E-state index in [1.807, 2.05) is 0 Å². The predicted molar refractivity (Wildman–Crippen MR) is 116 cm³/mol. The average Bonchev–Trinajstić information content (AvgIpc) is 2.91. The fourth-order valence-electron chi connectivity index (χ4n) is 3.85. The molecule has 5 rings (SSSR count). The van der Waals surface area contributed by atoms with Gasteiger partial charge in [-0.3, -0.25) is 0 Å². The molecule has 0 aliphatic carbocycles. The Hall–Kier alpha value is -3.52. The van der Waals surface area contributed by atoms with Gasteiger partial charge in [0, 0.05) is 11.1 Å². The molecule has 0 N–H and O–H groups in total. The van der Waals surface area contributed by atoms with E-state index in [1.54, 1.807) is 0 Å². The van der Waals surface area contributed by atoms with E-state index in [9.17, 15) is 0 Å². The van der Waals surface area contributed by atoms with Crippen molar-refractivity contribution in [3.8, 4) is 16.9 Å². The summed E-state index contributed by atoms with van der Waals surface area (Å²) in [6.45, 7) is 2.67. The number of nitrogens with zero attached hydrogens (tertiary/aromatic N) is 1. The number of aryl methyl sites for hydroxylation is 1. The lowest BCUT2D eigenvalue weighted by molar-refractivity contribution is 0.310. The van der Waals surface area contributed by atoms with Crippen molar-refractivity contribution < 1.29 is 4.74 Å². The first-order chi connectivity index (χ1) is 13.8. The molecule has 136 valence electrons. The summed E-state index contributed by atoms with van der Waals surface area (Å²) in [5.74, 6) is 0.916.